The van der Waals surface area contributed by atoms with Gasteiger partial charge in [-0.2, -0.15) is 4.90 Å². The highest BCUT2D eigenvalue weighted by atomic mass is 16.6. The Bertz CT molecular complexity index is 876. The van der Waals surface area contributed by atoms with Gasteiger partial charge in [-0.25, -0.2) is 14.4 Å². The van der Waals surface area contributed by atoms with E-state index in [1.165, 1.54) is 6.92 Å². The molecule has 0 aliphatic carbocycles. The van der Waals surface area contributed by atoms with Crippen molar-refractivity contribution in [1.29, 1.82) is 0 Å². The summed E-state index contributed by atoms with van der Waals surface area (Å²) >= 11 is 0. The van der Waals surface area contributed by atoms with Crippen LogP contribution >= 0.6 is 0 Å². The standard InChI is InChI=1S/C26H41N3O7/c1-18(22(31)35-25(2,3)4)28-21(30)20(15-11-12-16-27)29(24(33)36-26(5,6)7)23(32)34-17-19-13-9-8-10-14-19/h8-10,13-14,18,20H,11-12,15-17,27H2,1-7H3,(H,28,30)/t18-,20-/m0/s1. The maximum atomic E-state index is 13.3. The summed E-state index contributed by atoms with van der Waals surface area (Å²) in [6.45, 7) is 11.8. The third kappa shape index (κ3) is 11.5. The van der Waals surface area contributed by atoms with Gasteiger partial charge in [0.05, 0.1) is 0 Å². The highest BCUT2D eigenvalue weighted by molar-refractivity contribution is 5.96. The van der Waals surface area contributed by atoms with Crippen LogP contribution in [0.1, 0.15) is 73.3 Å². The molecule has 0 saturated heterocycles. The summed E-state index contributed by atoms with van der Waals surface area (Å²) in [6.07, 6.45) is -0.957. The van der Waals surface area contributed by atoms with Gasteiger partial charge in [0, 0.05) is 0 Å². The van der Waals surface area contributed by atoms with Crippen LogP contribution in [0.4, 0.5) is 9.59 Å². The van der Waals surface area contributed by atoms with E-state index >= 15 is 0 Å². The van der Waals surface area contributed by atoms with E-state index in [2.05, 4.69) is 5.32 Å². The molecule has 0 fully saturated rings. The molecule has 0 spiro atoms. The second-order valence-electron chi connectivity index (χ2n) is 10.5. The first-order chi connectivity index (χ1) is 16.6. The fraction of sp³-hybridized carbons (Fsp3) is 0.615. The van der Waals surface area contributed by atoms with E-state index in [1.54, 1.807) is 65.8 Å². The molecule has 0 aromatic heterocycles. The number of benzene rings is 1. The highest BCUT2D eigenvalue weighted by Gasteiger charge is 2.39. The van der Waals surface area contributed by atoms with Crippen LogP contribution in [0.15, 0.2) is 30.3 Å². The van der Waals surface area contributed by atoms with Crippen molar-refractivity contribution in [2.24, 2.45) is 5.73 Å². The van der Waals surface area contributed by atoms with Crippen molar-refractivity contribution in [3.05, 3.63) is 35.9 Å². The van der Waals surface area contributed by atoms with Crippen LogP contribution in [0.2, 0.25) is 0 Å². The molecule has 1 rings (SSSR count). The number of unbranched alkanes of at least 4 members (excludes halogenated alkanes) is 1. The molecule has 1 aromatic carbocycles. The number of nitrogens with zero attached hydrogens (tertiary/aromatic N) is 1. The molecule has 36 heavy (non-hydrogen) atoms. The minimum absolute atomic E-state index is 0.101. The fourth-order valence-corrected chi connectivity index (χ4v) is 3.05. The largest absolute Gasteiger partial charge is 0.458 e. The van der Waals surface area contributed by atoms with Gasteiger partial charge in [-0.05, 0) is 79.8 Å². The topological polar surface area (TPSA) is 137 Å². The van der Waals surface area contributed by atoms with E-state index in [1.807, 2.05) is 6.07 Å². The second-order valence-corrected chi connectivity index (χ2v) is 10.5. The predicted octanol–water partition coefficient (Wildman–Crippen LogP) is 3.90. The van der Waals surface area contributed by atoms with Gasteiger partial charge in [-0.15, -0.1) is 0 Å². The van der Waals surface area contributed by atoms with Crippen molar-refractivity contribution in [3.63, 3.8) is 0 Å². The number of nitrogens with one attached hydrogen (secondary N) is 1. The molecule has 0 aliphatic heterocycles. The van der Waals surface area contributed by atoms with Gasteiger partial charge < -0.3 is 25.3 Å². The van der Waals surface area contributed by atoms with E-state index in [4.69, 9.17) is 19.9 Å². The summed E-state index contributed by atoms with van der Waals surface area (Å²) in [7, 11) is 0. The van der Waals surface area contributed by atoms with Crippen molar-refractivity contribution in [2.75, 3.05) is 6.54 Å². The minimum Gasteiger partial charge on any atom is -0.458 e. The first-order valence-electron chi connectivity index (χ1n) is 12.1. The molecule has 0 radical (unpaired) electrons. The Labute approximate surface area is 213 Å². The molecule has 10 nitrogen and oxygen atoms in total. The Morgan fingerprint density at radius 3 is 2.03 bits per heavy atom. The predicted molar refractivity (Wildman–Crippen MR) is 135 cm³/mol. The quantitative estimate of drug-likeness (QED) is 0.276. The Hall–Kier alpha value is -3.14. The van der Waals surface area contributed by atoms with Crippen LogP contribution in [-0.4, -0.2) is 58.8 Å². The maximum absolute atomic E-state index is 13.3. The molecule has 10 heteroatoms. The molecule has 0 bridgehead atoms. The fourth-order valence-electron chi connectivity index (χ4n) is 3.05. The lowest BCUT2D eigenvalue weighted by atomic mass is 10.1. The zero-order valence-corrected chi connectivity index (χ0v) is 22.5. The smallest absolute Gasteiger partial charge is 0.420 e. The van der Waals surface area contributed by atoms with Crippen molar-refractivity contribution in [2.45, 2.75) is 97.6 Å². The number of imide groups is 1. The summed E-state index contributed by atoms with van der Waals surface area (Å²) in [4.78, 5) is 52.6. The summed E-state index contributed by atoms with van der Waals surface area (Å²) in [6, 6.07) is 6.61. The zero-order valence-electron chi connectivity index (χ0n) is 22.5. The van der Waals surface area contributed by atoms with E-state index in [0.29, 0.717) is 29.8 Å². The van der Waals surface area contributed by atoms with E-state index in [-0.39, 0.29) is 13.0 Å². The molecule has 3 N–H and O–H groups in total. The first kappa shape index (κ1) is 30.9. The summed E-state index contributed by atoms with van der Waals surface area (Å²) in [5, 5.41) is 2.55. The molecule has 1 aromatic rings. The molecule has 0 saturated carbocycles. The lowest BCUT2D eigenvalue weighted by molar-refractivity contribution is -0.158. The average molecular weight is 508 g/mol. The van der Waals surface area contributed by atoms with Crippen LogP contribution < -0.4 is 11.1 Å². The summed E-state index contributed by atoms with van der Waals surface area (Å²) in [5.41, 5.74) is 4.63. The monoisotopic (exact) mass is 507 g/mol. The van der Waals surface area contributed by atoms with Crippen LogP contribution in [0.25, 0.3) is 0 Å². The number of ether oxygens (including phenoxy) is 3. The molecule has 3 amide bonds. The van der Waals surface area contributed by atoms with Gasteiger partial charge in [-0.1, -0.05) is 30.3 Å². The molecule has 0 aliphatic rings. The summed E-state index contributed by atoms with van der Waals surface area (Å²) < 4.78 is 16.1. The van der Waals surface area contributed by atoms with Crippen LogP contribution in [-0.2, 0) is 30.4 Å². The van der Waals surface area contributed by atoms with Crippen molar-refractivity contribution in [1.82, 2.24) is 10.2 Å². The first-order valence-corrected chi connectivity index (χ1v) is 12.1. The highest BCUT2D eigenvalue weighted by Crippen LogP contribution is 2.18. The Kier molecular flexibility index (Phi) is 11.9. The van der Waals surface area contributed by atoms with E-state index < -0.39 is 47.3 Å². The molecular formula is C26H41N3O7. The molecular weight excluding hydrogens is 466 g/mol. The van der Waals surface area contributed by atoms with Crippen LogP contribution in [0.5, 0.6) is 0 Å². The number of amides is 3. The molecule has 202 valence electrons. The van der Waals surface area contributed by atoms with Gasteiger partial charge in [0.2, 0.25) is 5.91 Å². The van der Waals surface area contributed by atoms with Gasteiger partial charge >= 0.3 is 18.2 Å². The number of rotatable bonds is 10. The zero-order chi connectivity index (χ0) is 27.5. The third-order valence-corrected chi connectivity index (χ3v) is 4.66. The van der Waals surface area contributed by atoms with Crippen molar-refractivity contribution < 1.29 is 33.4 Å². The number of carbonyl (C=O) groups excluding carboxylic acids is 4. The van der Waals surface area contributed by atoms with E-state index in [0.717, 1.165) is 0 Å². The number of nitrogens with two attached hydrogens (primary N) is 1. The Morgan fingerprint density at radius 1 is 0.917 bits per heavy atom. The second kappa shape index (κ2) is 13.8. The van der Waals surface area contributed by atoms with Crippen molar-refractivity contribution >= 4 is 24.1 Å². The van der Waals surface area contributed by atoms with Gasteiger partial charge in [0.15, 0.2) is 0 Å². The number of hydrogen-bond donors (Lipinski definition) is 2. The average Bonchev–Trinajstić information content (AvgIpc) is 2.75. The number of hydrogen-bond acceptors (Lipinski definition) is 8. The molecule has 0 unspecified atom stereocenters. The number of esters is 1. The lowest BCUT2D eigenvalue weighted by Crippen LogP contribution is -2.56. The number of carbonyl (C=O) groups is 4. The Morgan fingerprint density at radius 2 is 1.50 bits per heavy atom. The molecule has 0 heterocycles. The molecule has 2 atom stereocenters. The van der Waals surface area contributed by atoms with Crippen LogP contribution in [0, 0.1) is 0 Å². The van der Waals surface area contributed by atoms with E-state index in [9.17, 15) is 19.2 Å². The SMILES string of the molecule is C[C@H](NC(=O)[C@H](CCCCN)N(C(=O)OCc1ccccc1)C(=O)OC(C)(C)C)C(=O)OC(C)(C)C. The van der Waals surface area contributed by atoms with Crippen LogP contribution in [0.3, 0.4) is 0 Å². The minimum atomic E-state index is -1.29. The van der Waals surface area contributed by atoms with Gasteiger partial charge in [-0.3, -0.25) is 4.79 Å². The van der Waals surface area contributed by atoms with Gasteiger partial charge in [0.1, 0.15) is 29.9 Å². The summed E-state index contributed by atoms with van der Waals surface area (Å²) in [5.74, 6) is -1.36. The van der Waals surface area contributed by atoms with Gasteiger partial charge in [0.25, 0.3) is 0 Å². The third-order valence-electron chi connectivity index (χ3n) is 4.66. The Balaban J connectivity index is 3.21. The lowest BCUT2D eigenvalue weighted by Gasteiger charge is -2.31. The van der Waals surface area contributed by atoms with Crippen molar-refractivity contribution in [3.8, 4) is 0 Å². The maximum Gasteiger partial charge on any atom is 0.420 e. The normalized spacial score (nSPS) is 13.2.